The summed E-state index contributed by atoms with van der Waals surface area (Å²) in [5.74, 6) is 1.80. The minimum absolute atomic E-state index is 0.144. The highest BCUT2D eigenvalue weighted by molar-refractivity contribution is 5.92. The van der Waals surface area contributed by atoms with Crippen LogP contribution in [0.5, 0.6) is 0 Å². The lowest BCUT2D eigenvalue weighted by atomic mass is 9.90. The summed E-state index contributed by atoms with van der Waals surface area (Å²) in [6.07, 6.45) is 7.83. The third-order valence-electron chi connectivity index (χ3n) is 6.06. The molecule has 3 rings (SSSR count). The summed E-state index contributed by atoms with van der Waals surface area (Å²) in [6, 6.07) is 0.367. The van der Waals surface area contributed by atoms with Gasteiger partial charge in [0.25, 0.3) is 5.91 Å². The van der Waals surface area contributed by atoms with E-state index in [1.165, 1.54) is 12.8 Å². The Morgan fingerprint density at radius 3 is 2.61 bits per heavy atom. The standard InChI is InChI=1S/C22H35N3O3/c1-5-7-16-8-6-9-18(16)22(27)25(17-10-11-17)13-12-23-20(26)19-15(4)24-21(28-19)14(2)3/h14,16-18H,5-13H2,1-4H3,(H,23,26). The van der Waals surface area contributed by atoms with E-state index in [1.807, 2.05) is 18.7 Å². The molecule has 1 N–H and O–H groups in total. The van der Waals surface area contributed by atoms with Crippen LogP contribution in [0.15, 0.2) is 4.42 Å². The third-order valence-corrected chi connectivity index (χ3v) is 6.06. The Morgan fingerprint density at radius 1 is 1.25 bits per heavy atom. The molecular weight excluding hydrogens is 354 g/mol. The number of amides is 2. The van der Waals surface area contributed by atoms with Gasteiger partial charge in [0, 0.05) is 31.0 Å². The van der Waals surface area contributed by atoms with Crippen molar-refractivity contribution >= 4 is 11.8 Å². The molecule has 1 aromatic heterocycles. The van der Waals surface area contributed by atoms with Crippen molar-refractivity contribution in [2.45, 2.75) is 84.6 Å². The molecule has 6 nitrogen and oxygen atoms in total. The van der Waals surface area contributed by atoms with Crippen LogP contribution in [0.3, 0.4) is 0 Å². The van der Waals surface area contributed by atoms with Gasteiger partial charge in [-0.05, 0) is 44.9 Å². The number of carbonyl (C=O) groups is 2. The molecule has 2 unspecified atom stereocenters. The number of oxazole rings is 1. The number of aryl methyl sites for hydroxylation is 1. The zero-order valence-corrected chi connectivity index (χ0v) is 17.8. The van der Waals surface area contributed by atoms with E-state index in [0.717, 1.165) is 32.1 Å². The number of hydrogen-bond acceptors (Lipinski definition) is 4. The van der Waals surface area contributed by atoms with Crippen LogP contribution >= 0.6 is 0 Å². The maximum atomic E-state index is 13.2. The molecule has 28 heavy (non-hydrogen) atoms. The number of nitrogens with one attached hydrogen (secondary N) is 1. The summed E-state index contributed by atoms with van der Waals surface area (Å²) >= 11 is 0. The Kier molecular flexibility index (Phi) is 6.78. The van der Waals surface area contributed by atoms with E-state index in [2.05, 4.69) is 17.2 Å². The molecule has 2 amide bonds. The molecule has 0 saturated heterocycles. The van der Waals surface area contributed by atoms with Gasteiger partial charge in [0.1, 0.15) is 0 Å². The number of nitrogens with zero attached hydrogens (tertiary/aromatic N) is 2. The fraction of sp³-hybridized carbons (Fsp3) is 0.773. The van der Waals surface area contributed by atoms with Crippen molar-refractivity contribution in [2.75, 3.05) is 13.1 Å². The molecule has 6 heteroatoms. The summed E-state index contributed by atoms with van der Waals surface area (Å²) in [5.41, 5.74) is 0.615. The molecule has 0 radical (unpaired) electrons. The Labute approximate surface area is 168 Å². The average Bonchev–Trinajstić information content (AvgIpc) is 3.25. The van der Waals surface area contributed by atoms with Crippen LogP contribution in [-0.4, -0.2) is 40.8 Å². The number of carbonyl (C=O) groups excluding carboxylic acids is 2. The zero-order valence-electron chi connectivity index (χ0n) is 17.8. The molecule has 1 aromatic rings. The minimum Gasteiger partial charge on any atom is -0.435 e. The van der Waals surface area contributed by atoms with Gasteiger partial charge in [-0.3, -0.25) is 9.59 Å². The summed E-state index contributed by atoms with van der Waals surface area (Å²) < 4.78 is 5.62. The fourth-order valence-electron chi connectivity index (χ4n) is 4.40. The highest BCUT2D eigenvalue weighted by atomic mass is 16.4. The van der Waals surface area contributed by atoms with Crippen LogP contribution in [0, 0.1) is 18.8 Å². The largest absolute Gasteiger partial charge is 0.435 e. The van der Waals surface area contributed by atoms with E-state index in [1.54, 1.807) is 6.92 Å². The molecule has 0 spiro atoms. The van der Waals surface area contributed by atoms with Gasteiger partial charge in [0.15, 0.2) is 5.89 Å². The Bertz CT molecular complexity index is 693. The van der Waals surface area contributed by atoms with Gasteiger partial charge in [0.05, 0.1) is 5.69 Å². The second-order valence-electron chi connectivity index (χ2n) is 8.73. The van der Waals surface area contributed by atoms with Crippen molar-refractivity contribution in [2.24, 2.45) is 11.8 Å². The number of hydrogen-bond donors (Lipinski definition) is 1. The first-order valence-corrected chi connectivity index (χ1v) is 11.0. The van der Waals surface area contributed by atoms with Gasteiger partial charge in [0.2, 0.25) is 11.7 Å². The first-order chi connectivity index (χ1) is 13.4. The number of rotatable bonds is 9. The third kappa shape index (κ3) is 4.76. The van der Waals surface area contributed by atoms with Crippen molar-refractivity contribution in [1.29, 1.82) is 0 Å². The van der Waals surface area contributed by atoms with Crippen LogP contribution in [0.1, 0.15) is 93.8 Å². The lowest BCUT2D eigenvalue weighted by Crippen LogP contribution is -2.43. The van der Waals surface area contributed by atoms with Gasteiger partial charge in [-0.2, -0.15) is 0 Å². The molecule has 0 aromatic carbocycles. The molecule has 2 fully saturated rings. The fourth-order valence-corrected chi connectivity index (χ4v) is 4.40. The summed E-state index contributed by atoms with van der Waals surface area (Å²) in [4.78, 5) is 32.0. The maximum absolute atomic E-state index is 13.2. The van der Waals surface area contributed by atoms with Crippen LogP contribution in [0.25, 0.3) is 0 Å². The molecule has 1 heterocycles. The van der Waals surface area contributed by atoms with Crippen LogP contribution in [-0.2, 0) is 4.79 Å². The monoisotopic (exact) mass is 389 g/mol. The maximum Gasteiger partial charge on any atom is 0.289 e. The van der Waals surface area contributed by atoms with Gasteiger partial charge < -0.3 is 14.6 Å². The predicted molar refractivity (Wildman–Crippen MR) is 108 cm³/mol. The zero-order chi connectivity index (χ0) is 20.3. The van der Waals surface area contributed by atoms with Gasteiger partial charge in [-0.15, -0.1) is 0 Å². The minimum atomic E-state index is -0.246. The summed E-state index contributed by atoms with van der Waals surface area (Å²) in [6.45, 7) is 8.99. The van der Waals surface area contributed by atoms with Crippen molar-refractivity contribution < 1.29 is 14.0 Å². The lowest BCUT2D eigenvalue weighted by Gasteiger charge is -2.28. The smallest absolute Gasteiger partial charge is 0.289 e. The highest BCUT2D eigenvalue weighted by Crippen LogP contribution is 2.38. The normalized spacial score (nSPS) is 21.9. The molecule has 2 aliphatic carbocycles. The molecule has 2 saturated carbocycles. The van der Waals surface area contributed by atoms with Crippen molar-refractivity contribution in [3.63, 3.8) is 0 Å². The van der Waals surface area contributed by atoms with Crippen LogP contribution in [0.4, 0.5) is 0 Å². The molecule has 0 aliphatic heterocycles. The molecule has 2 atom stereocenters. The number of aromatic nitrogens is 1. The topological polar surface area (TPSA) is 75.4 Å². The molecule has 0 bridgehead atoms. The average molecular weight is 390 g/mol. The van der Waals surface area contributed by atoms with Gasteiger partial charge in [-0.1, -0.05) is 33.6 Å². The van der Waals surface area contributed by atoms with Crippen LogP contribution in [0.2, 0.25) is 0 Å². The van der Waals surface area contributed by atoms with Crippen LogP contribution < -0.4 is 5.32 Å². The Hall–Kier alpha value is -1.85. The van der Waals surface area contributed by atoms with E-state index in [0.29, 0.717) is 42.5 Å². The Balaban J connectivity index is 1.55. The van der Waals surface area contributed by atoms with E-state index in [4.69, 9.17) is 4.42 Å². The van der Waals surface area contributed by atoms with E-state index < -0.39 is 0 Å². The molecular formula is C22H35N3O3. The van der Waals surface area contributed by atoms with E-state index in [-0.39, 0.29) is 23.5 Å². The van der Waals surface area contributed by atoms with Gasteiger partial charge >= 0.3 is 0 Å². The van der Waals surface area contributed by atoms with E-state index in [9.17, 15) is 9.59 Å². The van der Waals surface area contributed by atoms with Crippen molar-refractivity contribution in [3.8, 4) is 0 Å². The Morgan fingerprint density at radius 2 is 2.00 bits per heavy atom. The second kappa shape index (κ2) is 9.10. The highest BCUT2D eigenvalue weighted by Gasteiger charge is 2.40. The van der Waals surface area contributed by atoms with Crippen molar-refractivity contribution in [3.05, 3.63) is 17.3 Å². The van der Waals surface area contributed by atoms with Gasteiger partial charge in [-0.25, -0.2) is 4.98 Å². The summed E-state index contributed by atoms with van der Waals surface area (Å²) in [7, 11) is 0. The first-order valence-electron chi connectivity index (χ1n) is 11.0. The van der Waals surface area contributed by atoms with Crippen molar-refractivity contribution in [1.82, 2.24) is 15.2 Å². The molecule has 2 aliphatic rings. The molecule has 156 valence electrons. The quantitative estimate of drug-likeness (QED) is 0.691. The van der Waals surface area contributed by atoms with E-state index >= 15 is 0 Å². The predicted octanol–water partition coefficient (Wildman–Crippen LogP) is 4.04. The SMILES string of the molecule is CCCC1CCCC1C(=O)N(CCNC(=O)c1oc(C(C)C)nc1C)C1CC1. The second-order valence-corrected chi connectivity index (χ2v) is 8.73. The lowest BCUT2D eigenvalue weighted by molar-refractivity contribution is -0.137. The first kappa shape index (κ1) is 20.9. The summed E-state index contributed by atoms with van der Waals surface area (Å²) in [5, 5.41) is 2.92.